The third-order valence-electron chi connectivity index (χ3n) is 16.9. The van der Waals surface area contributed by atoms with Crippen LogP contribution in [-0.4, -0.2) is 169 Å². The molecule has 27 heteroatoms. The first kappa shape index (κ1) is 80.2. The lowest BCUT2D eigenvalue weighted by Crippen LogP contribution is -2.61. The minimum Gasteiger partial charge on any atom is -0.488 e. The van der Waals surface area contributed by atoms with E-state index in [1.54, 1.807) is 118 Å². The second-order valence-electron chi connectivity index (χ2n) is 30.7. The Balaban J connectivity index is 1.14. The Hall–Kier alpha value is -10.4. The number of carbonyl (C=O) groups excluding carboxylic acids is 11. The summed E-state index contributed by atoms with van der Waals surface area (Å²) in [6.07, 6.45) is -0.0618. The third-order valence-corrected chi connectivity index (χ3v) is 16.9. The molecule has 0 unspecified atom stereocenters. The van der Waals surface area contributed by atoms with Gasteiger partial charge in [0.25, 0.3) is 0 Å². The molecule has 2 aliphatic rings. The van der Waals surface area contributed by atoms with Crippen LogP contribution in [-0.2, 0) is 81.3 Å². The number of amides is 8. The summed E-state index contributed by atoms with van der Waals surface area (Å²) in [5.41, 5.74) is 1.61. The standard InChI is InChI=1S/C78H100N10O17/c1-17-100-71(96)60(36-45(2)3)84-65(90)46(4)80-66(91)57(37-47-30-32-50(33-31-47)103-76(8,9)10)81-69(94)61(43-102-75(5,6)7)85-67(92)58(38-48-40-87(73(98)105-78(14,15)16)62-29-23-22-24-51(48)62)82-68(93)59(39-49-41-86(44-79-49)72(97)104-77(11,12)13)83-70(95)63-34-35-64(89)88(63)74(99)101-42-56-54-27-20-18-25-52(54)53-26-19-21-28-55(53)56/h18-33,40-41,44-46,56-61,63H,17,34-39,42-43H2,1-16H3,(H,80,91)(H,81,94)(H,82,93)(H,83,95)(H,84,90)(H,85,92)/t46-,57+,58+,59+,60+,61+,63+/m1/s1. The number of para-hydroxylation sites is 1. The lowest BCUT2D eigenvalue weighted by atomic mass is 9.98. The molecule has 4 aromatic carbocycles. The Kier molecular flexibility index (Phi) is 26.0. The normalized spacial score (nSPS) is 15.6. The number of hydrogen-bond acceptors (Lipinski definition) is 18. The fourth-order valence-corrected chi connectivity index (χ4v) is 12.1. The lowest BCUT2D eigenvalue weighted by Gasteiger charge is -2.29. The summed E-state index contributed by atoms with van der Waals surface area (Å²) in [4.78, 5) is 163. The second-order valence-corrected chi connectivity index (χ2v) is 30.7. The number of benzene rings is 4. The van der Waals surface area contributed by atoms with Crippen LogP contribution in [0.25, 0.3) is 22.0 Å². The van der Waals surface area contributed by atoms with Gasteiger partial charge < -0.3 is 60.3 Å². The highest BCUT2D eigenvalue weighted by atomic mass is 16.6. The van der Waals surface area contributed by atoms with Crippen LogP contribution in [0.1, 0.15) is 164 Å². The number of rotatable bonds is 27. The van der Waals surface area contributed by atoms with Crippen LogP contribution in [0, 0.1) is 5.92 Å². The lowest BCUT2D eigenvalue weighted by molar-refractivity contribution is -0.148. The van der Waals surface area contributed by atoms with E-state index in [0.29, 0.717) is 27.8 Å². The molecular formula is C78H100N10O17. The number of imidazole rings is 1. The van der Waals surface area contributed by atoms with Crippen LogP contribution in [0.3, 0.4) is 0 Å². The van der Waals surface area contributed by atoms with Gasteiger partial charge in [-0.05, 0) is 167 Å². The molecule has 6 N–H and O–H groups in total. The second kappa shape index (κ2) is 34.0. The maximum Gasteiger partial charge on any atom is 0.419 e. The number of esters is 1. The molecule has 0 spiro atoms. The summed E-state index contributed by atoms with van der Waals surface area (Å²) in [5.74, 6) is -6.82. The Labute approximate surface area is 612 Å². The Morgan fingerprint density at radius 1 is 0.552 bits per heavy atom. The van der Waals surface area contributed by atoms with Crippen molar-refractivity contribution in [3.63, 3.8) is 0 Å². The topological polar surface area (TPSA) is 341 Å². The molecule has 8 amide bonds. The SMILES string of the molecule is CCOC(=O)[C@H](CC(C)C)NC(=O)[C@@H](C)NC(=O)[C@H](Cc1ccc(OC(C)(C)C)cc1)NC(=O)[C@H](COC(C)(C)C)NC(=O)[C@H](Cc1cn(C(=O)OC(C)(C)C)c2ccccc12)NC(=O)[C@H](Cc1cn(C(=O)OC(C)(C)C)cn1)NC(=O)[C@@H]1CCC(=O)N1C(=O)OCC1c2ccccc2-c2ccccc21. The molecule has 1 fully saturated rings. The minimum absolute atomic E-state index is 0.0350. The van der Waals surface area contributed by atoms with Crippen LogP contribution in [0.4, 0.5) is 14.4 Å². The number of fused-ring (bicyclic) bond motifs is 4. The maximum absolute atomic E-state index is 15.7. The smallest absolute Gasteiger partial charge is 0.419 e. The van der Waals surface area contributed by atoms with Crippen molar-refractivity contribution in [1.29, 1.82) is 0 Å². The first-order chi connectivity index (χ1) is 49.2. The molecule has 1 aliphatic heterocycles. The van der Waals surface area contributed by atoms with Gasteiger partial charge >= 0.3 is 24.2 Å². The fraction of sp³-hybridized carbons (Fsp3) is 0.487. The molecule has 0 saturated carbocycles. The van der Waals surface area contributed by atoms with E-state index in [9.17, 15) is 38.4 Å². The quantitative estimate of drug-likeness (QED) is 0.0207. The number of nitrogens with one attached hydrogen (secondary N) is 6. The van der Waals surface area contributed by atoms with Crippen molar-refractivity contribution in [2.45, 2.75) is 220 Å². The average Bonchev–Trinajstić information content (AvgIpc) is 1.61. The van der Waals surface area contributed by atoms with E-state index in [1.807, 2.05) is 83.1 Å². The number of aromatic nitrogens is 3. The van der Waals surface area contributed by atoms with Gasteiger partial charge in [0.05, 0.1) is 30.0 Å². The first-order valence-corrected chi connectivity index (χ1v) is 35.4. The van der Waals surface area contributed by atoms with E-state index >= 15 is 14.4 Å². The number of imide groups is 1. The summed E-state index contributed by atoms with van der Waals surface area (Å²) < 4.78 is 37.0. The van der Waals surface area contributed by atoms with Crippen molar-refractivity contribution in [3.05, 3.63) is 144 Å². The van der Waals surface area contributed by atoms with Crippen molar-refractivity contribution in [3.8, 4) is 16.9 Å². The highest BCUT2D eigenvalue weighted by molar-refractivity contribution is 6.03. The first-order valence-electron chi connectivity index (χ1n) is 35.4. The van der Waals surface area contributed by atoms with E-state index in [0.717, 1.165) is 38.0 Å². The molecule has 105 heavy (non-hydrogen) atoms. The highest BCUT2D eigenvalue weighted by Gasteiger charge is 2.44. The molecular weight excluding hydrogens is 1350 g/mol. The summed E-state index contributed by atoms with van der Waals surface area (Å²) in [6.45, 7) is 27.0. The Morgan fingerprint density at radius 3 is 1.69 bits per heavy atom. The summed E-state index contributed by atoms with van der Waals surface area (Å²) >= 11 is 0. The van der Waals surface area contributed by atoms with E-state index in [4.69, 9.17) is 28.4 Å². The van der Waals surface area contributed by atoms with Crippen molar-refractivity contribution in [2.24, 2.45) is 5.92 Å². The number of hydrogen-bond donors (Lipinski definition) is 6. The van der Waals surface area contributed by atoms with Gasteiger partial charge in [-0.1, -0.05) is 92.7 Å². The molecule has 1 aliphatic carbocycles. The minimum atomic E-state index is -1.73. The van der Waals surface area contributed by atoms with Gasteiger partial charge in [-0.3, -0.25) is 38.1 Å². The number of ether oxygens (including phenoxy) is 6. The van der Waals surface area contributed by atoms with Crippen LogP contribution in [0.15, 0.2) is 116 Å². The van der Waals surface area contributed by atoms with Crippen molar-refractivity contribution in [2.75, 3.05) is 19.8 Å². The molecule has 7 atom stereocenters. The number of nitrogens with zero attached hydrogens (tertiary/aromatic N) is 4. The molecule has 1 saturated heterocycles. The van der Waals surface area contributed by atoms with Crippen molar-refractivity contribution >= 4 is 76.5 Å². The molecule has 3 heterocycles. The summed E-state index contributed by atoms with van der Waals surface area (Å²) in [5, 5.41) is 16.8. The van der Waals surface area contributed by atoms with Crippen molar-refractivity contribution < 1.29 is 81.2 Å². The van der Waals surface area contributed by atoms with Gasteiger partial charge in [-0.25, -0.2) is 33.6 Å². The molecule has 27 nitrogen and oxygen atoms in total. The molecule has 2 aromatic heterocycles. The number of likely N-dealkylation sites (tertiary alicyclic amines) is 1. The summed E-state index contributed by atoms with van der Waals surface area (Å²) in [7, 11) is 0. The zero-order valence-electron chi connectivity index (χ0n) is 62.8. The van der Waals surface area contributed by atoms with Crippen LogP contribution in [0.2, 0.25) is 0 Å². The molecule has 0 bridgehead atoms. The van der Waals surface area contributed by atoms with Gasteiger partial charge in [-0.2, -0.15) is 0 Å². The number of carbonyl (C=O) groups is 11. The largest absolute Gasteiger partial charge is 0.488 e. The monoisotopic (exact) mass is 1450 g/mol. The van der Waals surface area contributed by atoms with Crippen LogP contribution >= 0.6 is 0 Å². The highest BCUT2D eigenvalue weighted by Crippen LogP contribution is 2.45. The Bertz CT molecular complexity index is 4120. The third kappa shape index (κ3) is 22.3. The van der Waals surface area contributed by atoms with Gasteiger partial charge in [0, 0.05) is 49.4 Å². The molecule has 564 valence electrons. The van der Waals surface area contributed by atoms with Crippen LogP contribution < -0.4 is 36.6 Å². The zero-order chi connectivity index (χ0) is 77.0. The molecule has 8 rings (SSSR count). The fourth-order valence-electron chi connectivity index (χ4n) is 12.1. The van der Waals surface area contributed by atoms with Gasteiger partial charge in [0.15, 0.2) is 0 Å². The van der Waals surface area contributed by atoms with E-state index in [-0.39, 0.29) is 50.5 Å². The van der Waals surface area contributed by atoms with Gasteiger partial charge in [0.2, 0.25) is 41.4 Å². The van der Waals surface area contributed by atoms with Crippen LogP contribution in [0.5, 0.6) is 5.75 Å². The predicted octanol–water partition coefficient (Wildman–Crippen LogP) is 8.90. The van der Waals surface area contributed by atoms with E-state index in [2.05, 4.69) is 36.9 Å². The maximum atomic E-state index is 15.7. The molecule has 6 aromatic rings. The van der Waals surface area contributed by atoms with E-state index < -0.39 is 156 Å². The van der Waals surface area contributed by atoms with E-state index in [1.165, 1.54) is 23.9 Å². The predicted molar refractivity (Wildman–Crippen MR) is 389 cm³/mol. The average molecular weight is 1450 g/mol. The Morgan fingerprint density at radius 2 is 1.10 bits per heavy atom. The molecule has 0 radical (unpaired) electrons. The van der Waals surface area contributed by atoms with Crippen molar-refractivity contribution in [1.82, 2.24) is 50.9 Å². The van der Waals surface area contributed by atoms with Gasteiger partial charge in [0.1, 0.15) is 77.8 Å². The zero-order valence-corrected chi connectivity index (χ0v) is 62.8. The summed E-state index contributed by atoms with van der Waals surface area (Å²) in [6, 6.07) is 18.5. The van der Waals surface area contributed by atoms with Gasteiger partial charge in [-0.15, -0.1) is 0 Å².